The van der Waals surface area contributed by atoms with E-state index < -0.39 is 22.9 Å². The van der Waals surface area contributed by atoms with Crippen molar-refractivity contribution in [3.05, 3.63) is 53.6 Å². The summed E-state index contributed by atoms with van der Waals surface area (Å²) in [5.74, 6) is 0.997. The third-order valence-corrected chi connectivity index (χ3v) is 6.77. The number of fused-ring (bicyclic) bond motifs is 1. The zero-order chi connectivity index (χ0) is 22.1. The summed E-state index contributed by atoms with van der Waals surface area (Å²) in [5, 5.41) is 1.01. The van der Waals surface area contributed by atoms with Crippen LogP contribution in [0.15, 0.2) is 58.2 Å². The SMILES string of the molecule is CCCCS(=O)CC(COc1ccc(Cl)cc1)OC(=O)CSc1nc2ccccc2o1. The number of oxazole rings is 1. The van der Waals surface area contributed by atoms with Gasteiger partial charge >= 0.3 is 5.97 Å². The van der Waals surface area contributed by atoms with Crippen LogP contribution in [0.1, 0.15) is 19.8 Å². The van der Waals surface area contributed by atoms with Crippen molar-refractivity contribution in [2.75, 3.05) is 23.9 Å². The summed E-state index contributed by atoms with van der Waals surface area (Å²) < 4.78 is 29.2. The molecule has 0 aliphatic carbocycles. The monoisotopic (exact) mass is 481 g/mol. The number of carbonyl (C=O) groups is 1. The fourth-order valence-corrected chi connectivity index (χ4v) is 4.79. The highest BCUT2D eigenvalue weighted by atomic mass is 35.5. The molecule has 166 valence electrons. The van der Waals surface area contributed by atoms with Crippen molar-refractivity contribution in [1.82, 2.24) is 4.98 Å². The summed E-state index contributed by atoms with van der Waals surface area (Å²) in [6, 6.07) is 14.3. The minimum absolute atomic E-state index is 0.0336. The Labute approximate surface area is 193 Å². The normalized spacial score (nSPS) is 13.1. The number of ether oxygens (including phenoxy) is 2. The highest BCUT2D eigenvalue weighted by Gasteiger charge is 2.20. The Hall–Kier alpha value is -2.03. The standard InChI is InChI=1S/C22H24ClNO5S2/c1-2-3-12-31(26)15-18(13-27-17-10-8-16(23)9-11-17)28-21(25)14-30-22-24-19-6-4-5-7-20(19)29-22/h4-11,18H,2-3,12-15H2,1H3. The number of thioether (sulfide) groups is 1. The topological polar surface area (TPSA) is 78.6 Å². The Morgan fingerprint density at radius 3 is 2.74 bits per heavy atom. The number of hydrogen-bond donors (Lipinski definition) is 0. The lowest BCUT2D eigenvalue weighted by Gasteiger charge is -2.18. The van der Waals surface area contributed by atoms with Crippen molar-refractivity contribution < 1.29 is 22.9 Å². The van der Waals surface area contributed by atoms with E-state index in [1.54, 1.807) is 24.3 Å². The largest absolute Gasteiger partial charge is 0.490 e. The molecular formula is C22H24ClNO5S2. The average Bonchev–Trinajstić information content (AvgIpc) is 3.19. The summed E-state index contributed by atoms with van der Waals surface area (Å²) in [5.41, 5.74) is 1.40. The highest BCUT2D eigenvalue weighted by Crippen LogP contribution is 2.23. The number of hydrogen-bond acceptors (Lipinski definition) is 7. The molecule has 0 N–H and O–H groups in total. The Kier molecular flexibility index (Phi) is 9.24. The van der Waals surface area contributed by atoms with Crippen molar-refractivity contribution >= 4 is 51.2 Å². The van der Waals surface area contributed by atoms with Crippen molar-refractivity contribution in [2.45, 2.75) is 31.1 Å². The van der Waals surface area contributed by atoms with E-state index in [-0.39, 0.29) is 18.1 Å². The molecule has 0 fully saturated rings. The van der Waals surface area contributed by atoms with Gasteiger partial charge in [-0.15, -0.1) is 0 Å². The lowest BCUT2D eigenvalue weighted by molar-refractivity contribution is -0.146. The van der Waals surface area contributed by atoms with Crippen LogP contribution in [0.2, 0.25) is 5.02 Å². The summed E-state index contributed by atoms with van der Waals surface area (Å²) in [6.07, 6.45) is 1.20. The third kappa shape index (κ3) is 7.87. The van der Waals surface area contributed by atoms with Crippen molar-refractivity contribution in [3.63, 3.8) is 0 Å². The fourth-order valence-electron chi connectivity index (χ4n) is 2.69. The van der Waals surface area contributed by atoms with Crippen molar-refractivity contribution in [2.24, 2.45) is 0 Å². The van der Waals surface area contributed by atoms with Crippen LogP contribution in [0.25, 0.3) is 11.1 Å². The first-order valence-electron chi connectivity index (χ1n) is 9.94. The van der Waals surface area contributed by atoms with E-state index in [1.807, 2.05) is 31.2 Å². The highest BCUT2D eigenvalue weighted by molar-refractivity contribution is 7.99. The van der Waals surface area contributed by atoms with Gasteiger partial charge in [-0.25, -0.2) is 4.98 Å². The van der Waals surface area contributed by atoms with Gasteiger partial charge in [0.05, 0.1) is 5.75 Å². The smallest absolute Gasteiger partial charge is 0.316 e. The minimum atomic E-state index is -1.09. The molecule has 0 saturated heterocycles. The molecular weight excluding hydrogens is 458 g/mol. The van der Waals surface area contributed by atoms with Gasteiger partial charge in [-0.1, -0.05) is 48.8 Å². The van der Waals surface area contributed by atoms with E-state index in [1.165, 1.54) is 0 Å². The molecule has 0 radical (unpaired) electrons. The van der Waals surface area contributed by atoms with Gasteiger partial charge < -0.3 is 13.9 Å². The average molecular weight is 482 g/mol. The molecule has 0 saturated carbocycles. The Bertz CT molecular complexity index is 976. The quantitative estimate of drug-likeness (QED) is 0.262. The number of esters is 1. The molecule has 0 aliphatic rings. The third-order valence-electron chi connectivity index (χ3n) is 4.23. The number of unbranched alkanes of at least 4 members (excludes halogenated alkanes) is 1. The predicted octanol–water partition coefficient (Wildman–Crippen LogP) is 5.11. The lowest BCUT2D eigenvalue weighted by Crippen LogP contribution is -2.31. The van der Waals surface area contributed by atoms with Gasteiger partial charge in [0, 0.05) is 21.6 Å². The predicted molar refractivity (Wildman–Crippen MR) is 124 cm³/mol. The van der Waals surface area contributed by atoms with Crippen LogP contribution in [0.3, 0.4) is 0 Å². The lowest BCUT2D eigenvalue weighted by atomic mass is 10.3. The molecule has 6 nitrogen and oxygen atoms in total. The molecule has 0 spiro atoms. The van der Waals surface area contributed by atoms with Crippen LogP contribution >= 0.6 is 23.4 Å². The molecule has 2 unspecified atom stereocenters. The molecule has 9 heteroatoms. The number of nitrogens with zero attached hydrogens (tertiary/aromatic N) is 1. The van der Waals surface area contributed by atoms with Crippen LogP contribution in [0.4, 0.5) is 0 Å². The van der Waals surface area contributed by atoms with Gasteiger partial charge in [0.1, 0.15) is 29.7 Å². The number of benzene rings is 2. The number of halogens is 1. The molecule has 2 aromatic carbocycles. The Balaban J connectivity index is 1.55. The number of rotatable bonds is 12. The maximum absolute atomic E-state index is 12.4. The Morgan fingerprint density at radius 2 is 2.00 bits per heavy atom. The molecule has 2 atom stereocenters. The molecule has 3 rings (SSSR count). The van der Waals surface area contributed by atoms with Crippen LogP contribution in [0.5, 0.6) is 5.75 Å². The first-order chi connectivity index (χ1) is 15.0. The summed E-state index contributed by atoms with van der Waals surface area (Å²) in [4.78, 5) is 16.7. The van der Waals surface area contributed by atoms with Gasteiger partial charge in [0.25, 0.3) is 5.22 Å². The van der Waals surface area contributed by atoms with E-state index in [0.29, 0.717) is 27.3 Å². The van der Waals surface area contributed by atoms with Gasteiger partial charge in [-0.2, -0.15) is 0 Å². The first kappa shape index (κ1) is 23.6. The maximum Gasteiger partial charge on any atom is 0.316 e. The van der Waals surface area contributed by atoms with Gasteiger partial charge in [-0.05, 0) is 42.8 Å². The van der Waals surface area contributed by atoms with Crippen molar-refractivity contribution in [1.29, 1.82) is 0 Å². The van der Waals surface area contributed by atoms with Crippen LogP contribution in [-0.2, 0) is 20.3 Å². The second-order valence-electron chi connectivity index (χ2n) is 6.78. The van der Waals surface area contributed by atoms with Crippen molar-refractivity contribution in [3.8, 4) is 5.75 Å². The second-order valence-corrected chi connectivity index (χ2v) is 9.76. The molecule has 3 aromatic rings. The summed E-state index contributed by atoms with van der Waals surface area (Å²) in [6.45, 7) is 2.15. The van der Waals surface area contributed by atoms with Gasteiger partial charge in [-0.3, -0.25) is 9.00 Å². The van der Waals surface area contributed by atoms with E-state index in [9.17, 15) is 9.00 Å². The molecule has 31 heavy (non-hydrogen) atoms. The first-order valence-corrected chi connectivity index (χ1v) is 12.8. The van der Waals surface area contributed by atoms with E-state index >= 15 is 0 Å². The fraction of sp³-hybridized carbons (Fsp3) is 0.364. The second kappa shape index (κ2) is 12.1. The molecule has 0 aliphatic heterocycles. The van der Waals surface area contributed by atoms with Gasteiger partial charge in [0.15, 0.2) is 5.58 Å². The van der Waals surface area contributed by atoms with Crippen LogP contribution < -0.4 is 4.74 Å². The molecule has 1 aromatic heterocycles. The van der Waals surface area contributed by atoms with E-state index in [0.717, 1.165) is 30.1 Å². The Morgan fingerprint density at radius 1 is 1.23 bits per heavy atom. The zero-order valence-corrected chi connectivity index (χ0v) is 19.5. The number of para-hydroxylation sites is 2. The van der Waals surface area contributed by atoms with Crippen LogP contribution in [0, 0.1) is 0 Å². The van der Waals surface area contributed by atoms with E-state index in [2.05, 4.69) is 4.98 Å². The maximum atomic E-state index is 12.4. The van der Waals surface area contributed by atoms with E-state index in [4.69, 9.17) is 25.5 Å². The summed E-state index contributed by atoms with van der Waals surface area (Å²) in [7, 11) is -1.09. The summed E-state index contributed by atoms with van der Waals surface area (Å²) >= 11 is 7.05. The van der Waals surface area contributed by atoms with Crippen LogP contribution in [-0.4, -0.2) is 45.1 Å². The molecule has 0 bridgehead atoms. The number of aromatic nitrogens is 1. The molecule has 0 amide bonds. The molecule has 1 heterocycles. The van der Waals surface area contributed by atoms with Gasteiger partial charge in [0.2, 0.25) is 0 Å². The number of carbonyl (C=O) groups excluding carboxylic acids is 1. The zero-order valence-electron chi connectivity index (χ0n) is 17.1. The minimum Gasteiger partial charge on any atom is -0.490 e.